The fraction of sp³-hybridized carbons (Fsp3) is 0.833. The Balaban J connectivity index is 2.36. The molecule has 0 aromatic heterocycles. The van der Waals surface area contributed by atoms with Gasteiger partial charge in [0.2, 0.25) is 0 Å². The van der Waals surface area contributed by atoms with Gasteiger partial charge in [-0.15, -0.1) is 0 Å². The molecule has 0 aliphatic heterocycles. The molecule has 1 atom stereocenters. The van der Waals surface area contributed by atoms with Crippen LogP contribution in [0.5, 0.6) is 0 Å². The zero-order valence-electron chi connectivity index (χ0n) is 9.05. The van der Waals surface area contributed by atoms with E-state index in [2.05, 4.69) is 19.9 Å². The highest BCUT2D eigenvalue weighted by Crippen LogP contribution is 2.25. The van der Waals surface area contributed by atoms with E-state index in [1.54, 1.807) is 5.57 Å². The van der Waals surface area contributed by atoms with Gasteiger partial charge in [0.15, 0.2) is 0 Å². The molecular weight excluding hydrogens is 158 g/mol. The SMILES string of the molecule is CCC(CC)CC1=CCC(N)CC1. The van der Waals surface area contributed by atoms with E-state index in [9.17, 15) is 0 Å². The second kappa shape index (κ2) is 5.43. The number of hydrogen-bond acceptors (Lipinski definition) is 1. The minimum Gasteiger partial charge on any atom is -0.327 e. The summed E-state index contributed by atoms with van der Waals surface area (Å²) in [5.41, 5.74) is 7.51. The molecule has 0 radical (unpaired) electrons. The van der Waals surface area contributed by atoms with Crippen LogP contribution in [0.25, 0.3) is 0 Å². The van der Waals surface area contributed by atoms with Crippen LogP contribution >= 0.6 is 0 Å². The Kier molecular flexibility index (Phi) is 4.51. The first-order valence-corrected chi connectivity index (χ1v) is 5.69. The molecule has 1 nitrogen and oxygen atoms in total. The molecule has 0 fully saturated rings. The molecule has 0 spiro atoms. The lowest BCUT2D eigenvalue weighted by Crippen LogP contribution is -2.22. The quantitative estimate of drug-likeness (QED) is 0.662. The first-order valence-electron chi connectivity index (χ1n) is 5.69. The zero-order chi connectivity index (χ0) is 9.68. The van der Waals surface area contributed by atoms with Crippen LogP contribution in [-0.4, -0.2) is 6.04 Å². The Labute approximate surface area is 82.4 Å². The van der Waals surface area contributed by atoms with Gasteiger partial charge in [0, 0.05) is 6.04 Å². The van der Waals surface area contributed by atoms with Crippen molar-refractivity contribution in [3.63, 3.8) is 0 Å². The van der Waals surface area contributed by atoms with Crippen LogP contribution in [-0.2, 0) is 0 Å². The highest BCUT2D eigenvalue weighted by Gasteiger charge is 2.13. The maximum Gasteiger partial charge on any atom is 0.00765 e. The monoisotopic (exact) mass is 181 g/mol. The molecule has 1 heteroatoms. The number of hydrogen-bond donors (Lipinski definition) is 1. The third-order valence-electron chi connectivity index (χ3n) is 3.25. The summed E-state index contributed by atoms with van der Waals surface area (Å²) >= 11 is 0. The van der Waals surface area contributed by atoms with Crippen molar-refractivity contribution < 1.29 is 0 Å². The molecule has 0 aromatic carbocycles. The molecule has 0 heterocycles. The summed E-state index contributed by atoms with van der Waals surface area (Å²) in [4.78, 5) is 0. The van der Waals surface area contributed by atoms with E-state index in [1.807, 2.05) is 0 Å². The summed E-state index contributed by atoms with van der Waals surface area (Å²) in [5, 5.41) is 0. The first-order chi connectivity index (χ1) is 6.26. The van der Waals surface area contributed by atoms with Crippen molar-refractivity contribution in [1.82, 2.24) is 0 Å². The summed E-state index contributed by atoms with van der Waals surface area (Å²) in [6.07, 6.45) is 9.89. The first kappa shape index (κ1) is 10.8. The largest absolute Gasteiger partial charge is 0.327 e. The van der Waals surface area contributed by atoms with E-state index in [0.717, 1.165) is 12.3 Å². The molecule has 2 N–H and O–H groups in total. The van der Waals surface area contributed by atoms with Crippen molar-refractivity contribution in [1.29, 1.82) is 0 Å². The van der Waals surface area contributed by atoms with E-state index in [4.69, 9.17) is 5.73 Å². The van der Waals surface area contributed by atoms with Gasteiger partial charge in [-0.3, -0.25) is 0 Å². The Morgan fingerprint density at radius 2 is 2.15 bits per heavy atom. The fourth-order valence-electron chi connectivity index (χ4n) is 2.04. The van der Waals surface area contributed by atoms with Gasteiger partial charge in [-0.05, 0) is 31.6 Å². The highest BCUT2D eigenvalue weighted by molar-refractivity contribution is 5.08. The lowest BCUT2D eigenvalue weighted by molar-refractivity contribution is 0.465. The average Bonchev–Trinajstić information content (AvgIpc) is 2.17. The van der Waals surface area contributed by atoms with Crippen LogP contribution in [0.2, 0.25) is 0 Å². The second-order valence-electron chi connectivity index (χ2n) is 4.28. The molecule has 1 rings (SSSR count). The summed E-state index contributed by atoms with van der Waals surface area (Å²) in [5.74, 6) is 0.903. The second-order valence-corrected chi connectivity index (χ2v) is 4.28. The molecule has 1 aliphatic rings. The number of nitrogens with two attached hydrogens (primary N) is 1. The normalized spacial score (nSPS) is 23.4. The van der Waals surface area contributed by atoms with Crippen LogP contribution in [0.15, 0.2) is 11.6 Å². The Morgan fingerprint density at radius 1 is 1.46 bits per heavy atom. The Hall–Kier alpha value is -0.300. The summed E-state index contributed by atoms with van der Waals surface area (Å²) in [7, 11) is 0. The molecule has 13 heavy (non-hydrogen) atoms. The van der Waals surface area contributed by atoms with Gasteiger partial charge in [-0.1, -0.05) is 38.3 Å². The molecule has 0 saturated heterocycles. The molecule has 76 valence electrons. The van der Waals surface area contributed by atoms with Crippen molar-refractivity contribution >= 4 is 0 Å². The van der Waals surface area contributed by atoms with Crippen LogP contribution < -0.4 is 5.73 Å². The number of allylic oxidation sites excluding steroid dienone is 1. The van der Waals surface area contributed by atoms with Crippen molar-refractivity contribution in [2.75, 3.05) is 0 Å². The molecule has 0 aromatic rings. The van der Waals surface area contributed by atoms with Gasteiger partial charge in [0.1, 0.15) is 0 Å². The third kappa shape index (κ3) is 3.51. The zero-order valence-corrected chi connectivity index (χ0v) is 9.05. The molecule has 0 amide bonds. The molecule has 0 bridgehead atoms. The van der Waals surface area contributed by atoms with E-state index in [1.165, 1.54) is 32.1 Å². The smallest absolute Gasteiger partial charge is 0.00765 e. The Bertz CT molecular complexity index is 168. The lowest BCUT2D eigenvalue weighted by atomic mass is 9.87. The van der Waals surface area contributed by atoms with Crippen LogP contribution in [0.1, 0.15) is 52.4 Å². The third-order valence-corrected chi connectivity index (χ3v) is 3.25. The average molecular weight is 181 g/mol. The van der Waals surface area contributed by atoms with E-state index < -0.39 is 0 Å². The van der Waals surface area contributed by atoms with Gasteiger partial charge < -0.3 is 5.73 Å². The van der Waals surface area contributed by atoms with E-state index in [-0.39, 0.29) is 0 Å². The lowest BCUT2D eigenvalue weighted by Gasteiger charge is -2.21. The van der Waals surface area contributed by atoms with Crippen LogP contribution in [0, 0.1) is 5.92 Å². The predicted octanol–water partition coefficient (Wildman–Crippen LogP) is 3.25. The highest BCUT2D eigenvalue weighted by atomic mass is 14.6. The van der Waals surface area contributed by atoms with Crippen molar-refractivity contribution in [3.8, 4) is 0 Å². The maximum atomic E-state index is 5.85. The molecule has 1 unspecified atom stereocenters. The fourth-order valence-corrected chi connectivity index (χ4v) is 2.04. The van der Waals surface area contributed by atoms with Crippen molar-refractivity contribution in [2.24, 2.45) is 11.7 Å². The van der Waals surface area contributed by atoms with Crippen LogP contribution in [0.3, 0.4) is 0 Å². The Morgan fingerprint density at radius 3 is 2.62 bits per heavy atom. The standard InChI is InChI=1S/C12H23N/c1-3-10(4-2)9-11-5-7-12(13)8-6-11/h5,10,12H,3-4,6-9,13H2,1-2H3. The topological polar surface area (TPSA) is 26.0 Å². The minimum absolute atomic E-state index is 0.436. The minimum atomic E-state index is 0.436. The van der Waals surface area contributed by atoms with Gasteiger partial charge in [0.05, 0.1) is 0 Å². The van der Waals surface area contributed by atoms with Gasteiger partial charge in [0.25, 0.3) is 0 Å². The maximum absolute atomic E-state index is 5.85. The van der Waals surface area contributed by atoms with E-state index in [0.29, 0.717) is 6.04 Å². The summed E-state index contributed by atoms with van der Waals surface area (Å²) in [6.45, 7) is 4.59. The van der Waals surface area contributed by atoms with Gasteiger partial charge in [-0.2, -0.15) is 0 Å². The molecule has 0 saturated carbocycles. The number of rotatable bonds is 4. The van der Waals surface area contributed by atoms with Gasteiger partial charge >= 0.3 is 0 Å². The summed E-state index contributed by atoms with van der Waals surface area (Å²) < 4.78 is 0. The van der Waals surface area contributed by atoms with Gasteiger partial charge in [-0.25, -0.2) is 0 Å². The molecular formula is C12H23N. The van der Waals surface area contributed by atoms with Crippen molar-refractivity contribution in [2.45, 2.75) is 58.4 Å². The molecule has 1 aliphatic carbocycles. The van der Waals surface area contributed by atoms with E-state index >= 15 is 0 Å². The predicted molar refractivity (Wildman–Crippen MR) is 58.6 cm³/mol. The summed E-state index contributed by atoms with van der Waals surface area (Å²) in [6, 6.07) is 0.436. The van der Waals surface area contributed by atoms with Crippen LogP contribution in [0.4, 0.5) is 0 Å². The van der Waals surface area contributed by atoms with Crippen molar-refractivity contribution in [3.05, 3.63) is 11.6 Å².